The second-order valence-electron chi connectivity index (χ2n) is 9.33. The van der Waals surface area contributed by atoms with E-state index in [1.165, 1.54) is 0 Å². The molecule has 1 atom stereocenters. The summed E-state index contributed by atoms with van der Waals surface area (Å²) in [4.78, 5) is 46.4. The van der Waals surface area contributed by atoms with Crippen molar-refractivity contribution in [2.24, 2.45) is 0 Å². The molecule has 1 fully saturated rings. The number of hydrogen-bond donors (Lipinski definition) is 3. The number of imide groups is 2. The first-order valence-corrected chi connectivity index (χ1v) is 13.9. The Bertz CT molecular complexity index is 1180. The lowest BCUT2D eigenvalue weighted by molar-refractivity contribution is 0.0221. The van der Waals surface area contributed by atoms with Crippen LogP contribution in [0, 0.1) is 0 Å². The van der Waals surface area contributed by atoms with E-state index < -0.39 is 0 Å². The maximum absolute atomic E-state index is 11.8. The zero-order valence-corrected chi connectivity index (χ0v) is 22.3. The SMILES string of the molecule is O=C1NC(=O)c2c(CCCCBr)cccc21.O=C1NC(=O)c2c(CCCCC3CNCCO3)cccc21. The monoisotopic (exact) mass is 569 g/mol. The topological polar surface area (TPSA) is 114 Å². The summed E-state index contributed by atoms with van der Waals surface area (Å²) in [6.45, 7) is 2.66. The summed E-state index contributed by atoms with van der Waals surface area (Å²) < 4.78 is 5.66. The number of hydrogen-bond acceptors (Lipinski definition) is 6. The van der Waals surface area contributed by atoms with Gasteiger partial charge in [-0.2, -0.15) is 0 Å². The summed E-state index contributed by atoms with van der Waals surface area (Å²) >= 11 is 3.37. The van der Waals surface area contributed by atoms with Crippen LogP contribution < -0.4 is 16.0 Å². The smallest absolute Gasteiger partial charge is 0.259 e. The minimum Gasteiger partial charge on any atom is -0.376 e. The highest BCUT2D eigenvalue weighted by Crippen LogP contribution is 2.23. The fourth-order valence-electron chi connectivity index (χ4n) is 4.90. The molecule has 1 saturated heterocycles. The Balaban J connectivity index is 0.000000180. The third kappa shape index (κ3) is 6.71. The molecular formula is C28H32BrN3O5. The Hall–Kier alpha value is -2.88. The van der Waals surface area contributed by atoms with E-state index in [0.717, 1.165) is 81.1 Å². The van der Waals surface area contributed by atoms with Crippen LogP contribution in [-0.2, 0) is 17.6 Å². The van der Waals surface area contributed by atoms with Gasteiger partial charge in [-0.05, 0) is 61.8 Å². The van der Waals surface area contributed by atoms with Gasteiger partial charge >= 0.3 is 0 Å². The van der Waals surface area contributed by atoms with E-state index in [9.17, 15) is 19.2 Å². The predicted molar refractivity (Wildman–Crippen MR) is 143 cm³/mol. The number of carbonyl (C=O) groups is 4. The van der Waals surface area contributed by atoms with Crippen LogP contribution in [0.5, 0.6) is 0 Å². The maximum Gasteiger partial charge on any atom is 0.259 e. The molecule has 4 amide bonds. The van der Waals surface area contributed by atoms with Crippen LogP contribution >= 0.6 is 15.9 Å². The van der Waals surface area contributed by atoms with Gasteiger partial charge in [0.25, 0.3) is 23.6 Å². The molecule has 0 aromatic heterocycles. The van der Waals surface area contributed by atoms with Gasteiger partial charge in [0.1, 0.15) is 0 Å². The van der Waals surface area contributed by atoms with E-state index in [1.54, 1.807) is 12.1 Å². The number of carbonyl (C=O) groups excluding carboxylic acids is 4. The van der Waals surface area contributed by atoms with Gasteiger partial charge in [0.05, 0.1) is 35.0 Å². The fraction of sp³-hybridized carbons (Fsp3) is 0.429. The van der Waals surface area contributed by atoms with Crippen LogP contribution in [0.3, 0.4) is 0 Å². The molecule has 0 bridgehead atoms. The summed E-state index contributed by atoms with van der Waals surface area (Å²) in [5.41, 5.74) is 4.11. The summed E-state index contributed by atoms with van der Waals surface area (Å²) in [6.07, 6.45) is 7.16. The highest BCUT2D eigenvalue weighted by molar-refractivity contribution is 9.09. The molecule has 3 N–H and O–H groups in total. The Morgan fingerprint density at radius 2 is 1.32 bits per heavy atom. The molecule has 2 aromatic carbocycles. The van der Waals surface area contributed by atoms with Gasteiger partial charge in [0.15, 0.2) is 0 Å². The van der Waals surface area contributed by atoms with Gasteiger partial charge in [0.2, 0.25) is 0 Å². The average Bonchev–Trinajstić information content (AvgIpc) is 3.37. The molecule has 1 unspecified atom stereocenters. The molecule has 5 rings (SSSR count). The Morgan fingerprint density at radius 1 is 0.757 bits per heavy atom. The normalized spacial score (nSPS) is 18.0. The molecule has 0 spiro atoms. The number of amides is 4. The molecule has 3 heterocycles. The van der Waals surface area contributed by atoms with Crippen molar-refractivity contribution < 1.29 is 23.9 Å². The quantitative estimate of drug-likeness (QED) is 0.242. The zero-order valence-electron chi connectivity index (χ0n) is 20.7. The number of nitrogens with one attached hydrogen (secondary N) is 3. The van der Waals surface area contributed by atoms with Gasteiger partial charge in [-0.1, -0.05) is 46.6 Å². The number of ether oxygens (including phenoxy) is 1. The van der Waals surface area contributed by atoms with Crippen molar-refractivity contribution in [3.8, 4) is 0 Å². The molecule has 0 saturated carbocycles. The molecule has 0 aliphatic carbocycles. The molecule has 8 nitrogen and oxygen atoms in total. The summed E-state index contributed by atoms with van der Waals surface area (Å²) in [5.74, 6) is -1.07. The number of morpholine rings is 1. The first-order chi connectivity index (χ1) is 18.0. The van der Waals surface area contributed by atoms with Crippen molar-refractivity contribution in [3.05, 3.63) is 69.8 Å². The molecule has 37 heavy (non-hydrogen) atoms. The number of unbranched alkanes of at least 4 members (excludes halogenated alkanes) is 2. The van der Waals surface area contributed by atoms with E-state index in [1.807, 2.05) is 24.3 Å². The van der Waals surface area contributed by atoms with Gasteiger partial charge in [0, 0.05) is 18.4 Å². The summed E-state index contributed by atoms with van der Waals surface area (Å²) in [6, 6.07) is 11.0. The van der Waals surface area contributed by atoms with Crippen LogP contribution in [0.2, 0.25) is 0 Å². The van der Waals surface area contributed by atoms with Crippen LogP contribution in [0.25, 0.3) is 0 Å². The number of fused-ring (bicyclic) bond motifs is 2. The van der Waals surface area contributed by atoms with Gasteiger partial charge < -0.3 is 10.1 Å². The fourth-order valence-corrected chi connectivity index (χ4v) is 5.30. The average molecular weight is 570 g/mol. The van der Waals surface area contributed by atoms with Gasteiger partial charge in [-0.15, -0.1) is 0 Å². The number of aryl methyl sites for hydroxylation is 2. The lowest BCUT2D eigenvalue weighted by Crippen LogP contribution is -2.38. The van der Waals surface area contributed by atoms with Crippen molar-refractivity contribution in [1.82, 2.24) is 16.0 Å². The number of benzene rings is 2. The number of rotatable bonds is 9. The second kappa shape index (κ2) is 13.1. The standard InChI is InChI=1S/C16H20N2O3.C12H12BrNO2/c19-15-13-7-3-5-11(14(13)16(20)18-15)4-1-2-6-12-10-17-8-9-21-12;13-7-2-1-4-8-5-3-6-9-10(8)12(16)14-11(9)15/h3,5,7,12,17H,1-2,4,6,8-10H2,(H,18,19,20);3,5-6H,1-2,4,7H2,(H,14,15,16). The third-order valence-electron chi connectivity index (χ3n) is 6.76. The molecule has 2 aromatic rings. The lowest BCUT2D eigenvalue weighted by Gasteiger charge is -2.23. The van der Waals surface area contributed by atoms with Gasteiger partial charge in [-0.3, -0.25) is 29.8 Å². The van der Waals surface area contributed by atoms with Crippen molar-refractivity contribution in [2.45, 2.75) is 51.0 Å². The first kappa shape index (κ1) is 27.2. The van der Waals surface area contributed by atoms with Crippen LogP contribution in [0.4, 0.5) is 0 Å². The Labute approximate surface area is 225 Å². The van der Waals surface area contributed by atoms with Gasteiger partial charge in [-0.25, -0.2) is 0 Å². The first-order valence-electron chi connectivity index (χ1n) is 12.8. The van der Waals surface area contributed by atoms with Crippen molar-refractivity contribution in [1.29, 1.82) is 0 Å². The molecule has 3 aliphatic rings. The minimum absolute atomic E-state index is 0.255. The van der Waals surface area contributed by atoms with E-state index in [-0.39, 0.29) is 23.6 Å². The number of alkyl halides is 1. The molecule has 3 aliphatic heterocycles. The van der Waals surface area contributed by atoms with E-state index >= 15 is 0 Å². The summed E-state index contributed by atoms with van der Waals surface area (Å²) in [7, 11) is 0. The largest absolute Gasteiger partial charge is 0.376 e. The number of halogens is 1. The van der Waals surface area contributed by atoms with Crippen LogP contribution in [-0.4, -0.2) is 54.8 Å². The van der Waals surface area contributed by atoms with Crippen molar-refractivity contribution >= 4 is 39.6 Å². The summed E-state index contributed by atoms with van der Waals surface area (Å²) in [5, 5.41) is 8.97. The predicted octanol–water partition coefficient (Wildman–Crippen LogP) is 3.56. The highest BCUT2D eigenvalue weighted by atomic mass is 79.9. The highest BCUT2D eigenvalue weighted by Gasteiger charge is 2.29. The Kier molecular flexibility index (Phi) is 9.60. The maximum atomic E-state index is 11.8. The van der Waals surface area contributed by atoms with Crippen molar-refractivity contribution in [3.63, 3.8) is 0 Å². The van der Waals surface area contributed by atoms with Crippen LogP contribution in [0.1, 0.15) is 84.7 Å². The molecule has 196 valence electrons. The van der Waals surface area contributed by atoms with Crippen molar-refractivity contribution in [2.75, 3.05) is 25.0 Å². The second-order valence-corrected chi connectivity index (χ2v) is 10.1. The minimum atomic E-state index is -0.279. The van der Waals surface area contributed by atoms with E-state index in [4.69, 9.17) is 4.74 Å². The molecular weight excluding hydrogens is 538 g/mol. The van der Waals surface area contributed by atoms with Crippen LogP contribution in [0.15, 0.2) is 36.4 Å². The molecule has 0 radical (unpaired) electrons. The molecule has 9 heteroatoms. The third-order valence-corrected chi connectivity index (χ3v) is 7.32. The lowest BCUT2D eigenvalue weighted by atomic mass is 9.97. The van der Waals surface area contributed by atoms with E-state index in [0.29, 0.717) is 28.4 Å². The Morgan fingerprint density at radius 3 is 1.84 bits per heavy atom. The zero-order chi connectivity index (χ0) is 26.2. The van der Waals surface area contributed by atoms with E-state index in [2.05, 4.69) is 31.9 Å².